The molecule has 0 bridgehead atoms. The van der Waals surface area contributed by atoms with Crippen molar-refractivity contribution in [1.82, 2.24) is 15.5 Å². The molecular weight excluding hydrogens is 540 g/mol. The molecule has 2 atom stereocenters. The SMILES string of the molecule is C=C(NC[C@H](Cc1ccc(/C(C)=C/N2C=CC=C(Br)C2=C)cc1)NC(=O)c1ccc(O)c(CC)c1)C(C)N. The highest BCUT2D eigenvalue weighted by atomic mass is 79.9. The molecule has 0 aromatic heterocycles. The molecule has 1 heterocycles. The molecule has 6 nitrogen and oxygen atoms in total. The molecule has 0 fully saturated rings. The number of allylic oxidation sites excluding steroid dienone is 4. The molecule has 2 aromatic carbocycles. The van der Waals surface area contributed by atoms with Gasteiger partial charge in [0.05, 0.1) is 11.7 Å². The predicted molar refractivity (Wildman–Crippen MR) is 160 cm³/mol. The average Bonchev–Trinajstić information content (AvgIpc) is 2.90. The van der Waals surface area contributed by atoms with Crippen molar-refractivity contribution < 1.29 is 9.90 Å². The van der Waals surface area contributed by atoms with Gasteiger partial charge in [0.1, 0.15) is 5.75 Å². The lowest BCUT2D eigenvalue weighted by Gasteiger charge is -2.23. The highest BCUT2D eigenvalue weighted by molar-refractivity contribution is 9.12. The Labute approximate surface area is 234 Å². The lowest BCUT2D eigenvalue weighted by molar-refractivity contribution is 0.0936. The number of phenolic OH excluding ortho intramolecular Hbond substituents is 1. The molecule has 38 heavy (non-hydrogen) atoms. The number of benzene rings is 2. The van der Waals surface area contributed by atoms with Crippen LogP contribution < -0.4 is 16.4 Å². The van der Waals surface area contributed by atoms with Gasteiger partial charge in [0.15, 0.2) is 0 Å². The highest BCUT2D eigenvalue weighted by Crippen LogP contribution is 2.26. The normalized spacial score (nSPS) is 15.1. The third kappa shape index (κ3) is 7.73. The van der Waals surface area contributed by atoms with Crippen LogP contribution in [0.5, 0.6) is 5.75 Å². The molecule has 200 valence electrons. The fraction of sp³-hybridized carbons (Fsp3) is 0.258. The number of carbonyl (C=O) groups excluding carboxylic acids is 1. The van der Waals surface area contributed by atoms with Gasteiger partial charge in [-0.15, -0.1) is 0 Å². The number of nitrogens with two attached hydrogens (primary N) is 1. The maximum absolute atomic E-state index is 13.1. The molecule has 0 saturated carbocycles. The van der Waals surface area contributed by atoms with Crippen LogP contribution in [0.3, 0.4) is 0 Å². The fourth-order valence-corrected chi connectivity index (χ4v) is 4.35. The summed E-state index contributed by atoms with van der Waals surface area (Å²) in [5, 5.41) is 16.4. The van der Waals surface area contributed by atoms with Crippen LogP contribution in [-0.4, -0.2) is 34.5 Å². The van der Waals surface area contributed by atoms with Gasteiger partial charge in [-0.25, -0.2) is 0 Å². The van der Waals surface area contributed by atoms with Crippen LogP contribution in [0.25, 0.3) is 5.57 Å². The molecule has 0 spiro atoms. The van der Waals surface area contributed by atoms with Crippen LogP contribution in [0.1, 0.15) is 47.8 Å². The van der Waals surface area contributed by atoms with Crippen LogP contribution in [0.4, 0.5) is 0 Å². The van der Waals surface area contributed by atoms with Crippen LogP contribution in [0.15, 0.2) is 96.1 Å². The molecule has 1 unspecified atom stereocenters. The van der Waals surface area contributed by atoms with Gasteiger partial charge in [0.2, 0.25) is 0 Å². The molecule has 7 heteroatoms. The summed E-state index contributed by atoms with van der Waals surface area (Å²) >= 11 is 3.52. The van der Waals surface area contributed by atoms with E-state index in [9.17, 15) is 9.90 Å². The number of hydrogen-bond acceptors (Lipinski definition) is 5. The molecule has 5 N–H and O–H groups in total. The van der Waals surface area contributed by atoms with Crippen LogP contribution in [-0.2, 0) is 12.8 Å². The molecule has 0 saturated heterocycles. The van der Waals surface area contributed by atoms with E-state index in [0.29, 0.717) is 30.6 Å². The minimum Gasteiger partial charge on any atom is -0.508 e. The number of hydrogen-bond donors (Lipinski definition) is 4. The molecule has 0 aliphatic carbocycles. The van der Waals surface area contributed by atoms with E-state index in [4.69, 9.17) is 5.73 Å². The molecule has 3 rings (SSSR count). The topological polar surface area (TPSA) is 90.6 Å². The minimum absolute atomic E-state index is 0.191. The maximum atomic E-state index is 13.1. The van der Waals surface area contributed by atoms with E-state index >= 15 is 0 Å². The van der Waals surface area contributed by atoms with Gasteiger partial charge in [0.25, 0.3) is 5.91 Å². The third-order valence-electron chi connectivity index (χ3n) is 6.48. The summed E-state index contributed by atoms with van der Waals surface area (Å²) in [6, 6.07) is 12.9. The lowest BCUT2D eigenvalue weighted by atomic mass is 10.0. The Morgan fingerprint density at radius 2 is 1.89 bits per heavy atom. The van der Waals surface area contributed by atoms with Crippen molar-refractivity contribution in [2.45, 2.75) is 45.7 Å². The van der Waals surface area contributed by atoms with Gasteiger partial charge in [-0.3, -0.25) is 4.79 Å². The van der Waals surface area contributed by atoms with E-state index < -0.39 is 0 Å². The van der Waals surface area contributed by atoms with Gasteiger partial charge in [0, 0.05) is 40.7 Å². The summed E-state index contributed by atoms with van der Waals surface area (Å²) in [6.45, 7) is 14.5. The van der Waals surface area contributed by atoms with Gasteiger partial charge in [-0.2, -0.15) is 0 Å². The second-order valence-electron chi connectivity index (χ2n) is 9.49. The summed E-state index contributed by atoms with van der Waals surface area (Å²) in [5.74, 6) is 0.00740. The van der Waals surface area contributed by atoms with E-state index in [1.165, 1.54) is 0 Å². The number of nitrogens with one attached hydrogen (secondary N) is 2. The molecular formula is C31H37BrN4O2. The maximum Gasteiger partial charge on any atom is 0.251 e. The first-order valence-corrected chi connectivity index (χ1v) is 13.5. The van der Waals surface area contributed by atoms with Gasteiger partial charge in [-0.05, 0) is 95.2 Å². The number of phenols is 1. The molecule has 2 aromatic rings. The van der Waals surface area contributed by atoms with E-state index in [2.05, 4.69) is 77.1 Å². The monoisotopic (exact) mass is 576 g/mol. The Bertz CT molecular complexity index is 1280. The number of rotatable bonds is 11. The van der Waals surface area contributed by atoms with Crippen LogP contribution in [0.2, 0.25) is 0 Å². The van der Waals surface area contributed by atoms with Gasteiger partial charge >= 0.3 is 0 Å². The molecule has 1 amide bonds. The largest absolute Gasteiger partial charge is 0.508 e. The minimum atomic E-state index is -0.203. The van der Waals surface area contributed by atoms with Crippen molar-refractivity contribution >= 4 is 27.4 Å². The Morgan fingerprint density at radius 3 is 2.55 bits per heavy atom. The van der Waals surface area contributed by atoms with E-state index in [1.807, 2.05) is 37.1 Å². The quantitative estimate of drug-likeness (QED) is 0.274. The summed E-state index contributed by atoms with van der Waals surface area (Å²) < 4.78 is 0.950. The van der Waals surface area contributed by atoms with E-state index in [1.54, 1.807) is 18.2 Å². The molecule has 1 aliphatic heterocycles. The average molecular weight is 578 g/mol. The Kier molecular flexibility index (Phi) is 10.2. The zero-order chi connectivity index (χ0) is 27.8. The second-order valence-corrected chi connectivity index (χ2v) is 10.3. The first kappa shape index (κ1) is 29.0. The Balaban J connectivity index is 1.74. The van der Waals surface area contributed by atoms with Crippen LogP contribution >= 0.6 is 15.9 Å². The molecule has 0 radical (unpaired) electrons. The number of nitrogens with zero attached hydrogens (tertiary/aromatic N) is 1. The van der Waals surface area contributed by atoms with Crippen molar-refractivity contribution in [3.05, 3.63) is 118 Å². The highest BCUT2D eigenvalue weighted by Gasteiger charge is 2.17. The number of amides is 1. The summed E-state index contributed by atoms with van der Waals surface area (Å²) in [7, 11) is 0. The zero-order valence-corrected chi connectivity index (χ0v) is 23.9. The number of carbonyl (C=O) groups is 1. The van der Waals surface area contributed by atoms with Gasteiger partial charge < -0.3 is 26.4 Å². The van der Waals surface area contributed by atoms with E-state index in [-0.39, 0.29) is 23.7 Å². The summed E-state index contributed by atoms with van der Waals surface area (Å²) in [5.41, 5.74) is 12.1. The third-order valence-corrected chi connectivity index (χ3v) is 7.21. The van der Waals surface area contributed by atoms with Gasteiger partial charge in [-0.1, -0.05) is 44.3 Å². The second kappa shape index (κ2) is 13.3. The smallest absolute Gasteiger partial charge is 0.251 e. The Hall–Kier alpha value is -3.55. The first-order chi connectivity index (χ1) is 18.1. The summed E-state index contributed by atoms with van der Waals surface area (Å²) in [6.07, 6.45) is 9.22. The van der Waals surface area contributed by atoms with Crippen molar-refractivity contribution in [1.29, 1.82) is 0 Å². The summed E-state index contributed by atoms with van der Waals surface area (Å²) in [4.78, 5) is 15.1. The van der Waals surface area contributed by atoms with Crippen molar-refractivity contribution in [2.75, 3.05) is 6.54 Å². The van der Waals surface area contributed by atoms with Crippen molar-refractivity contribution in [2.24, 2.45) is 5.73 Å². The van der Waals surface area contributed by atoms with Crippen molar-refractivity contribution in [3.8, 4) is 5.75 Å². The van der Waals surface area contributed by atoms with E-state index in [0.717, 1.165) is 32.4 Å². The number of aryl methyl sites for hydroxylation is 1. The zero-order valence-electron chi connectivity index (χ0n) is 22.3. The first-order valence-electron chi connectivity index (χ1n) is 12.7. The molecule has 1 aliphatic rings. The Morgan fingerprint density at radius 1 is 1.21 bits per heavy atom. The van der Waals surface area contributed by atoms with Crippen molar-refractivity contribution in [3.63, 3.8) is 0 Å². The predicted octanol–water partition coefficient (Wildman–Crippen LogP) is 5.73. The lowest BCUT2D eigenvalue weighted by Crippen LogP contribution is -2.44. The van der Waals surface area contributed by atoms with Crippen LogP contribution in [0, 0.1) is 0 Å². The standard InChI is InChI=1S/C31H37BrN4O2/c1-6-25-17-27(13-14-30(25)37)31(38)35-28(18-34-22(4)21(3)33)16-24-9-11-26(12-10-24)20(2)19-36-15-7-8-29(32)23(36)5/h7-15,17,19,21,28,34,37H,4-6,16,18,33H2,1-3H3,(H,35,38)/b20-19+/t21?,28-/m0/s1. The number of halogens is 1. The fourth-order valence-electron chi connectivity index (χ4n) is 3.99. The number of aromatic hydroxyl groups is 1.